The van der Waals surface area contributed by atoms with Crippen molar-refractivity contribution in [1.82, 2.24) is 10.3 Å². The Bertz CT molecular complexity index is 1500. The van der Waals surface area contributed by atoms with E-state index in [2.05, 4.69) is 52.5 Å². The number of methoxy groups -OCH3 is 1. The number of aromatic amines is 1. The minimum Gasteiger partial charge on any atom is -0.384 e. The van der Waals surface area contributed by atoms with Gasteiger partial charge in [-0.3, -0.25) is 9.59 Å². The van der Waals surface area contributed by atoms with E-state index in [4.69, 9.17) is 14.2 Å². The zero-order valence-electron chi connectivity index (χ0n) is 26.9. The Morgan fingerprint density at radius 2 is 1.68 bits per heavy atom. The van der Waals surface area contributed by atoms with Crippen LogP contribution in [0.4, 0.5) is 5.69 Å². The minimum absolute atomic E-state index is 0.0525. The number of H-pyrrole nitrogens is 1. The van der Waals surface area contributed by atoms with Gasteiger partial charge < -0.3 is 29.4 Å². The van der Waals surface area contributed by atoms with Crippen LogP contribution in [0.15, 0.2) is 47.3 Å². The number of aryl methyl sites for hydroxylation is 2. The van der Waals surface area contributed by atoms with Crippen molar-refractivity contribution in [3.8, 4) is 11.1 Å². The van der Waals surface area contributed by atoms with Crippen LogP contribution < -0.4 is 15.8 Å². The molecule has 2 fully saturated rings. The van der Waals surface area contributed by atoms with Crippen LogP contribution in [0.1, 0.15) is 70.9 Å². The molecule has 0 bridgehead atoms. The zero-order chi connectivity index (χ0) is 31.3. The molecule has 0 radical (unpaired) electrons. The Labute approximate surface area is 261 Å². The van der Waals surface area contributed by atoms with Crippen molar-refractivity contribution in [1.29, 1.82) is 0 Å². The molecular weight excluding hydrogens is 554 g/mol. The van der Waals surface area contributed by atoms with Gasteiger partial charge in [-0.1, -0.05) is 24.3 Å². The fourth-order valence-electron chi connectivity index (χ4n) is 6.96. The van der Waals surface area contributed by atoms with Crippen LogP contribution in [-0.2, 0) is 26.2 Å². The normalized spacial score (nSPS) is 16.9. The summed E-state index contributed by atoms with van der Waals surface area (Å²) in [6, 6.07) is 15.2. The highest BCUT2D eigenvalue weighted by molar-refractivity contribution is 5.99. The molecule has 0 saturated carbocycles. The molecule has 8 nitrogen and oxygen atoms in total. The molecule has 3 heterocycles. The zero-order valence-corrected chi connectivity index (χ0v) is 26.9. The van der Waals surface area contributed by atoms with Crippen molar-refractivity contribution in [2.45, 2.75) is 71.4 Å². The Balaban J connectivity index is 1.52. The topological polar surface area (TPSA) is 92.9 Å². The van der Waals surface area contributed by atoms with Gasteiger partial charge in [-0.15, -0.1) is 0 Å². The molecular formula is C36H47N3O5. The molecule has 44 heavy (non-hydrogen) atoms. The number of pyridine rings is 1. The summed E-state index contributed by atoms with van der Waals surface area (Å²) in [5, 5.41) is 3.05. The van der Waals surface area contributed by atoms with Crippen LogP contribution in [-0.4, -0.2) is 63.6 Å². The highest BCUT2D eigenvalue weighted by Gasteiger charge is 2.34. The van der Waals surface area contributed by atoms with E-state index in [1.54, 1.807) is 7.11 Å². The summed E-state index contributed by atoms with van der Waals surface area (Å²) in [6.07, 6.45) is 3.76. The molecule has 2 N–H and O–H groups in total. The predicted molar refractivity (Wildman–Crippen MR) is 175 cm³/mol. The van der Waals surface area contributed by atoms with Crippen molar-refractivity contribution >= 4 is 11.6 Å². The second kappa shape index (κ2) is 14.1. The average Bonchev–Trinajstić information content (AvgIpc) is 3.03. The minimum atomic E-state index is -0.189. The molecule has 0 aliphatic carbocycles. The predicted octanol–water partition coefficient (Wildman–Crippen LogP) is 5.60. The number of rotatable bonds is 10. The van der Waals surface area contributed by atoms with Crippen molar-refractivity contribution in [3.05, 3.63) is 86.3 Å². The number of nitrogens with one attached hydrogen (secondary N) is 2. The summed E-state index contributed by atoms with van der Waals surface area (Å²) in [5.41, 5.74) is 7.95. The van der Waals surface area contributed by atoms with E-state index >= 15 is 0 Å². The van der Waals surface area contributed by atoms with E-state index in [0.29, 0.717) is 23.8 Å². The Morgan fingerprint density at radius 3 is 2.32 bits per heavy atom. The molecule has 8 heteroatoms. The molecule has 0 unspecified atom stereocenters. The van der Waals surface area contributed by atoms with Gasteiger partial charge in [0.2, 0.25) is 0 Å². The monoisotopic (exact) mass is 601 g/mol. The van der Waals surface area contributed by atoms with Gasteiger partial charge in [0.1, 0.15) is 0 Å². The molecule has 1 aromatic heterocycles. The maximum atomic E-state index is 13.8. The van der Waals surface area contributed by atoms with Crippen molar-refractivity contribution in [3.63, 3.8) is 0 Å². The quantitative estimate of drug-likeness (QED) is 0.315. The molecule has 3 aromatic rings. The first kappa shape index (κ1) is 31.9. The number of hydrogen-bond acceptors (Lipinski definition) is 6. The third kappa shape index (κ3) is 6.77. The Hall–Kier alpha value is -3.46. The molecule has 2 aromatic carbocycles. The molecule has 236 valence electrons. The lowest BCUT2D eigenvalue weighted by molar-refractivity contribution is 0.0136. The average molecular weight is 602 g/mol. The number of carbonyl (C=O) groups excluding carboxylic acids is 1. The van der Waals surface area contributed by atoms with Gasteiger partial charge in [-0.2, -0.15) is 0 Å². The number of aromatic nitrogens is 1. The van der Waals surface area contributed by atoms with Crippen molar-refractivity contribution < 1.29 is 19.0 Å². The van der Waals surface area contributed by atoms with Crippen LogP contribution >= 0.6 is 0 Å². The third-order valence-corrected chi connectivity index (χ3v) is 9.53. The van der Waals surface area contributed by atoms with E-state index in [1.165, 1.54) is 5.56 Å². The second-order valence-corrected chi connectivity index (χ2v) is 12.3. The number of amides is 1. The van der Waals surface area contributed by atoms with Gasteiger partial charge >= 0.3 is 0 Å². The molecule has 1 amide bonds. The van der Waals surface area contributed by atoms with Crippen LogP contribution in [0.25, 0.3) is 11.1 Å². The van der Waals surface area contributed by atoms with Crippen LogP contribution in [0.2, 0.25) is 0 Å². The molecule has 0 atom stereocenters. The fourth-order valence-corrected chi connectivity index (χ4v) is 6.96. The first-order chi connectivity index (χ1) is 21.3. The van der Waals surface area contributed by atoms with Crippen LogP contribution in [0, 0.1) is 20.8 Å². The highest BCUT2D eigenvalue weighted by Crippen LogP contribution is 2.38. The summed E-state index contributed by atoms with van der Waals surface area (Å²) in [4.78, 5) is 31.8. The smallest absolute Gasteiger partial charge is 0.253 e. The number of anilines is 1. The summed E-state index contributed by atoms with van der Waals surface area (Å²) < 4.78 is 17.0. The van der Waals surface area contributed by atoms with Gasteiger partial charge in [0.05, 0.1) is 6.61 Å². The number of ether oxygens (including phenoxy) is 3. The fraction of sp³-hybridized carbons (Fsp3) is 0.500. The maximum Gasteiger partial charge on any atom is 0.253 e. The number of nitrogens with zero attached hydrogens (tertiary/aromatic N) is 1. The van der Waals surface area contributed by atoms with E-state index < -0.39 is 0 Å². The lowest BCUT2D eigenvalue weighted by Gasteiger charge is -2.37. The van der Waals surface area contributed by atoms with E-state index in [1.807, 2.05) is 32.9 Å². The lowest BCUT2D eigenvalue weighted by Crippen LogP contribution is -2.40. The van der Waals surface area contributed by atoms with Crippen molar-refractivity contribution in [2.24, 2.45) is 0 Å². The largest absolute Gasteiger partial charge is 0.384 e. The lowest BCUT2D eigenvalue weighted by atomic mass is 9.74. The molecule has 2 saturated heterocycles. The summed E-state index contributed by atoms with van der Waals surface area (Å²) in [5.74, 6) is -0.189. The maximum absolute atomic E-state index is 13.8. The van der Waals surface area contributed by atoms with E-state index in [-0.39, 0.29) is 23.4 Å². The number of carbonyl (C=O) groups is 1. The first-order valence-corrected chi connectivity index (χ1v) is 15.9. The van der Waals surface area contributed by atoms with Crippen LogP contribution in [0.5, 0.6) is 0 Å². The standard InChI is InChI=1S/C36H47N3O5/c1-6-39(30-11-15-43-16-12-30)33-21-28(27-7-9-29(10-8-27)36(23-42-5)13-17-44-18-14-36)20-31(26(33)4)34(40)37-22-32-24(2)19-25(3)38-35(32)41/h7-10,19-21,30H,6,11-18,22-23H2,1-5H3,(H,37,40)(H,38,41). The summed E-state index contributed by atoms with van der Waals surface area (Å²) in [6.45, 7) is 12.6. The Kier molecular flexibility index (Phi) is 10.2. The SMILES string of the molecule is CCN(c1cc(-c2ccc(C3(COC)CCOCC3)cc2)cc(C(=O)NCc2c(C)cc(C)[nH]c2=O)c1C)C1CCOCC1. The first-order valence-electron chi connectivity index (χ1n) is 15.9. The highest BCUT2D eigenvalue weighted by atomic mass is 16.5. The number of hydrogen-bond donors (Lipinski definition) is 2. The third-order valence-electron chi connectivity index (χ3n) is 9.53. The van der Waals surface area contributed by atoms with Gasteiger partial charge in [0.15, 0.2) is 0 Å². The summed E-state index contributed by atoms with van der Waals surface area (Å²) in [7, 11) is 1.76. The van der Waals surface area contributed by atoms with Crippen molar-refractivity contribution in [2.75, 3.05) is 51.6 Å². The molecule has 2 aliphatic heterocycles. The van der Waals surface area contributed by atoms with Gasteiger partial charge in [0.25, 0.3) is 11.5 Å². The second-order valence-electron chi connectivity index (χ2n) is 12.3. The van der Waals surface area contributed by atoms with Gasteiger partial charge in [-0.25, -0.2) is 0 Å². The van der Waals surface area contributed by atoms with Gasteiger partial charge in [-0.05, 0) is 99.4 Å². The molecule has 2 aliphatic rings. The van der Waals surface area contributed by atoms with E-state index in [0.717, 1.165) is 92.3 Å². The van der Waals surface area contributed by atoms with Gasteiger partial charge in [0, 0.05) is 80.6 Å². The molecule has 0 spiro atoms. The van der Waals surface area contributed by atoms with E-state index in [9.17, 15) is 9.59 Å². The summed E-state index contributed by atoms with van der Waals surface area (Å²) >= 11 is 0. The van der Waals surface area contributed by atoms with Crippen LogP contribution in [0.3, 0.4) is 0 Å². The Morgan fingerprint density at radius 1 is 1.00 bits per heavy atom. The molecule has 5 rings (SSSR count). The number of benzene rings is 2.